The summed E-state index contributed by atoms with van der Waals surface area (Å²) in [6.07, 6.45) is 0. The molecule has 0 aliphatic carbocycles. The van der Waals surface area contributed by atoms with Crippen LogP contribution in [-0.4, -0.2) is 12.0 Å². The number of nitrogens with zero attached hydrogens (tertiary/aromatic N) is 2. The first-order chi connectivity index (χ1) is 10.0. The molecule has 21 heavy (non-hydrogen) atoms. The number of nitro benzene ring substituents is 1. The Balaban J connectivity index is 2.30. The van der Waals surface area contributed by atoms with Crippen LogP contribution in [0.5, 0.6) is 0 Å². The summed E-state index contributed by atoms with van der Waals surface area (Å²) in [5.41, 5.74) is 4.51. The lowest BCUT2D eigenvalue weighted by Crippen LogP contribution is -2.17. The van der Waals surface area contributed by atoms with Gasteiger partial charge < -0.3 is 10.3 Å². The number of halogens is 1. The van der Waals surface area contributed by atoms with Gasteiger partial charge in [-0.25, -0.2) is 0 Å². The van der Waals surface area contributed by atoms with Gasteiger partial charge in [-0.05, 0) is 17.7 Å². The number of nitrogen functional groups attached to an aromatic ring is 1. The second kappa shape index (κ2) is 6.43. The highest BCUT2D eigenvalue weighted by Crippen LogP contribution is 2.27. The molecule has 0 fully saturated rings. The summed E-state index contributed by atoms with van der Waals surface area (Å²) in [5.74, 6) is 5.35. The third kappa shape index (κ3) is 3.62. The summed E-state index contributed by atoms with van der Waals surface area (Å²) in [7, 11) is 1.84. The van der Waals surface area contributed by atoms with Crippen LogP contribution in [0.3, 0.4) is 0 Å². The first-order valence-corrected chi connectivity index (χ1v) is 6.59. The van der Waals surface area contributed by atoms with Crippen LogP contribution in [0, 0.1) is 10.1 Å². The standard InChI is InChI=1S/C14H15ClN4O2/c1-18(9-10-4-2-3-5-14(10)15)12-6-11(17-16)7-13(8-12)19(20)21/h2-8,17H,9,16H2,1H3. The number of hydrogen-bond donors (Lipinski definition) is 2. The minimum Gasteiger partial charge on any atom is -0.370 e. The third-order valence-electron chi connectivity index (χ3n) is 3.09. The van der Waals surface area contributed by atoms with Crippen LogP contribution in [0.2, 0.25) is 5.02 Å². The van der Waals surface area contributed by atoms with Gasteiger partial charge in [0.1, 0.15) is 0 Å². The van der Waals surface area contributed by atoms with Crippen molar-refractivity contribution in [2.75, 3.05) is 17.4 Å². The second-order valence-corrected chi connectivity index (χ2v) is 4.99. The molecule has 0 saturated carbocycles. The van der Waals surface area contributed by atoms with Crippen LogP contribution in [0.15, 0.2) is 42.5 Å². The van der Waals surface area contributed by atoms with E-state index in [-0.39, 0.29) is 5.69 Å². The highest BCUT2D eigenvalue weighted by molar-refractivity contribution is 6.31. The molecule has 2 aromatic carbocycles. The van der Waals surface area contributed by atoms with Crippen LogP contribution >= 0.6 is 11.6 Å². The number of hydrazine groups is 1. The van der Waals surface area contributed by atoms with E-state index in [0.29, 0.717) is 22.9 Å². The zero-order chi connectivity index (χ0) is 15.4. The van der Waals surface area contributed by atoms with Crippen LogP contribution in [0.1, 0.15) is 5.56 Å². The van der Waals surface area contributed by atoms with Crippen molar-refractivity contribution >= 4 is 28.7 Å². The minimum atomic E-state index is -0.451. The Kier molecular flexibility index (Phi) is 4.62. The molecular formula is C14H15ClN4O2. The molecule has 0 saturated heterocycles. The van der Waals surface area contributed by atoms with Gasteiger partial charge in [0.05, 0.1) is 10.6 Å². The van der Waals surface area contributed by atoms with E-state index >= 15 is 0 Å². The Hall–Kier alpha value is -2.31. The van der Waals surface area contributed by atoms with E-state index in [4.69, 9.17) is 17.4 Å². The van der Waals surface area contributed by atoms with Crippen molar-refractivity contribution < 1.29 is 4.92 Å². The van der Waals surface area contributed by atoms with Crippen LogP contribution in [-0.2, 0) is 6.54 Å². The summed E-state index contributed by atoms with van der Waals surface area (Å²) in [5, 5.41) is 11.6. The van der Waals surface area contributed by atoms with E-state index in [0.717, 1.165) is 5.56 Å². The van der Waals surface area contributed by atoms with Crippen LogP contribution in [0.4, 0.5) is 17.1 Å². The average molecular weight is 307 g/mol. The Labute approximate surface area is 127 Å². The van der Waals surface area contributed by atoms with Gasteiger partial charge in [-0.2, -0.15) is 0 Å². The number of non-ortho nitro benzene ring substituents is 1. The molecule has 0 radical (unpaired) electrons. The van der Waals surface area contributed by atoms with E-state index in [1.54, 1.807) is 6.07 Å². The normalized spacial score (nSPS) is 10.2. The molecule has 0 unspecified atom stereocenters. The first-order valence-electron chi connectivity index (χ1n) is 6.22. The fourth-order valence-corrected chi connectivity index (χ4v) is 2.17. The zero-order valence-electron chi connectivity index (χ0n) is 11.4. The summed E-state index contributed by atoms with van der Waals surface area (Å²) < 4.78 is 0. The fraction of sp³-hybridized carbons (Fsp3) is 0.143. The maximum atomic E-state index is 11.0. The van der Waals surface area contributed by atoms with Crippen molar-refractivity contribution in [3.05, 3.63) is 63.2 Å². The molecular weight excluding hydrogens is 292 g/mol. The highest BCUT2D eigenvalue weighted by atomic mass is 35.5. The lowest BCUT2D eigenvalue weighted by Gasteiger charge is -2.20. The lowest BCUT2D eigenvalue weighted by molar-refractivity contribution is -0.384. The maximum Gasteiger partial charge on any atom is 0.273 e. The Morgan fingerprint density at radius 3 is 2.67 bits per heavy atom. The Morgan fingerprint density at radius 1 is 1.33 bits per heavy atom. The first kappa shape index (κ1) is 15.1. The maximum absolute atomic E-state index is 11.0. The molecule has 2 aromatic rings. The molecule has 6 nitrogen and oxygen atoms in total. The van der Waals surface area contributed by atoms with Crippen molar-refractivity contribution in [3.8, 4) is 0 Å². The number of nitrogens with two attached hydrogens (primary N) is 1. The van der Waals surface area contributed by atoms with Gasteiger partial charge >= 0.3 is 0 Å². The molecule has 0 aliphatic rings. The quantitative estimate of drug-likeness (QED) is 0.503. The minimum absolute atomic E-state index is 0.0218. The van der Waals surface area contributed by atoms with Gasteiger partial charge in [0.25, 0.3) is 5.69 Å². The predicted octanol–water partition coefficient (Wildman–Crippen LogP) is 3.17. The molecule has 110 valence electrons. The Bertz CT molecular complexity index is 663. The second-order valence-electron chi connectivity index (χ2n) is 4.59. The number of hydrogen-bond acceptors (Lipinski definition) is 5. The number of anilines is 2. The molecule has 0 spiro atoms. The summed E-state index contributed by atoms with van der Waals surface area (Å²) in [6.45, 7) is 0.533. The van der Waals surface area contributed by atoms with E-state index in [9.17, 15) is 10.1 Å². The molecule has 0 atom stereocenters. The van der Waals surface area contributed by atoms with E-state index in [2.05, 4.69) is 5.43 Å². The van der Waals surface area contributed by atoms with Crippen molar-refractivity contribution in [2.45, 2.75) is 6.54 Å². The van der Waals surface area contributed by atoms with E-state index in [1.165, 1.54) is 12.1 Å². The van der Waals surface area contributed by atoms with Crippen molar-refractivity contribution in [2.24, 2.45) is 5.84 Å². The number of nitrogens with one attached hydrogen (secondary N) is 1. The van der Waals surface area contributed by atoms with E-state index in [1.807, 2.05) is 36.2 Å². The van der Waals surface area contributed by atoms with Gasteiger partial charge in [0.15, 0.2) is 0 Å². The third-order valence-corrected chi connectivity index (χ3v) is 3.45. The molecule has 0 heterocycles. The number of benzene rings is 2. The van der Waals surface area contributed by atoms with Crippen LogP contribution in [0.25, 0.3) is 0 Å². The molecule has 0 amide bonds. The van der Waals surface area contributed by atoms with Crippen molar-refractivity contribution in [3.63, 3.8) is 0 Å². The number of nitro groups is 1. The van der Waals surface area contributed by atoms with Gasteiger partial charge in [-0.15, -0.1) is 0 Å². The largest absolute Gasteiger partial charge is 0.370 e. The topological polar surface area (TPSA) is 84.4 Å². The van der Waals surface area contributed by atoms with Gasteiger partial charge in [-0.3, -0.25) is 16.0 Å². The highest BCUT2D eigenvalue weighted by Gasteiger charge is 2.13. The summed E-state index contributed by atoms with van der Waals surface area (Å²) >= 11 is 6.13. The number of rotatable bonds is 5. The molecule has 2 rings (SSSR count). The van der Waals surface area contributed by atoms with Crippen LogP contribution < -0.4 is 16.2 Å². The fourth-order valence-electron chi connectivity index (χ4n) is 1.98. The van der Waals surface area contributed by atoms with Crippen molar-refractivity contribution in [1.29, 1.82) is 0 Å². The molecule has 0 aromatic heterocycles. The van der Waals surface area contributed by atoms with Gasteiger partial charge in [0.2, 0.25) is 0 Å². The molecule has 0 bridgehead atoms. The Morgan fingerprint density at radius 2 is 2.05 bits per heavy atom. The van der Waals surface area contributed by atoms with E-state index < -0.39 is 4.92 Å². The summed E-state index contributed by atoms with van der Waals surface area (Å²) in [4.78, 5) is 12.4. The smallest absolute Gasteiger partial charge is 0.273 e. The lowest BCUT2D eigenvalue weighted by atomic mass is 10.2. The monoisotopic (exact) mass is 306 g/mol. The SMILES string of the molecule is CN(Cc1ccccc1Cl)c1cc(NN)cc([N+](=O)[O-])c1. The van der Waals surface area contributed by atoms with Crippen molar-refractivity contribution in [1.82, 2.24) is 0 Å². The molecule has 0 aliphatic heterocycles. The summed E-state index contributed by atoms with van der Waals surface area (Å²) in [6, 6.07) is 12.1. The average Bonchev–Trinajstić information content (AvgIpc) is 2.49. The van der Waals surface area contributed by atoms with Gasteiger partial charge in [-0.1, -0.05) is 29.8 Å². The predicted molar refractivity (Wildman–Crippen MR) is 84.5 cm³/mol. The zero-order valence-corrected chi connectivity index (χ0v) is 12.2. The molecule has 7 heteroatoms. The molecule has 3 N–H and O–H groups in total. The van der Waals surface area contributed by atoms with Gasteiger partial charge in [0, 0.05) is 36.4 Å².